The van der Waals surface area contributed by atoms with E-state index in [1.807, 2.05) is 6.92 Å². The van der Waals surface area contributed by atoms with E-state index in [1.54, 1.807) is 49.4 Å². The number of hydrogen-bond donors (Lipinski definition) is 0. The number of rotatable bonds is 8. The molecule has 2 aromatic carbocycles. The number of esters is 1. The van der Waals surface area contributed by atoms with Crippen LogP contribution in [0.15, 0.2) is 42.5 Å². The van der Waals surface area contributed by atoms with Crippen LogP contribution in [0, 0.1) is 6.92 Å². The van der Waals surface area contributed by atoms with E-state index < -0.39 is 18.2 Å². The van der Waals surface area contributed by atoms with Crippen molar-refractivity contribution in [2.45, 2.75) is 26.1 Å². The largest absolute Gasteiger partial charge is 0.479 e. The third-order valence-corrected chi connectivity index (χ3v) is 6.80. The van der Waals surface area contributed by atoms with Crippen LogP contribution in [-0.4, -0.2) is 91.0 Å². The zero-order valence-corrected chi connectivity index (χ0v) is 21.0. The molecule has 2 aliphatic rings. The van der Waals surface area contributed by atoms with Crippen molar-refractivity contribution < 1.29 is 23.9 Å². The lowest BCUT2D eigenvalue weighted by molar-refractivity contribution is -0.158. The Balaban J connectivity index is 1.46. The maximum Gasteiger partial charge on any atom is 0.347 e. The summed E-state index contributed by atoms with van der Waals surface area (Å²) in [5.41, 5.74) is 1.58. The summed E-state index contributed by atoms with van der Waals surface area (Å²) in [7, 11) is 2.06. The third kappa shape index (κ3) is 5.83. The minimum atomic E-state index is -0.882. The monoisotopic (exact) mass is 499 g/mol. The molecule has 8 nitrogen and oxygen atoms in total. The number of fused-ring (bicyclic) bond motifs is 1. The van der Waals surface area contributed by atoms with Crippen molar-refractivity contribution in [2.24, 2.45) is 0 Å². The van der Waals surface area contributed by atoms with Gasteiger partial charge in [-0.2, -0.15) is 0 Å². The molecule has 0 radical (unpaired) electrons. The first-order valence-corrected chi connectivity index (χ1v) is 12.1. The second-order valence-corrected chi connectivity index (χ2v) is 9.51. The third-order valence-electron chi connectivity index (χ3n) is 6.38. The molecule has 2 aromatic rings. The summed E-state index contributed by atoms with van der Waals surface area (Å²) in [6.45, 7) is 7.27. The molecule has 0 saturated carbocycles. The number of aryl methyl sites for hydroxylation is 1. The summed E-state index contributed by atoms with van der Waals surface area (Å²) in [6.07, 6.45) is -1.57. The van der Waals surface area contributed by atoms with Crippen LogP contribution in [0.25, 0.3) is 0 Å². The van der Waals surface area contributed by atoms with E-state index >= 15 is 0 Å². The molecule has 186 valence electrons. The summed E-state index contributed by atoms with van der Waals surface area (Å²) in [5.74, 6) is -0.794. The molecular formula is C26H30ClN3O5. The normalized spacial score (nSPS) is 18.3. The highest BCUT2D eigenvalue weighted by Crippen LogP contribution is 2.24. The van der Waals surface area contributed by atoms with Gasteiger partial charge in [0.05, 0.1) is 17.7 Å². The SMILES string of the molecule is Cc1cc(O[C@@H](C)C(=O)O[C@H](CN2CCN(C)CC2)CN2C(=O)c3ccccc3C2=O)ccc1Cl. The van der Waals surface area contributed by atoms with Crippen LogP contribution in [0.3, 0.4) is 0 Å². The first-order chi connectivity index (χ1) is 16.7. The average Bonchev–Trinajstić information content (AvgIpc) is 3.07. The fourth-order valence-electron chi connectivity index (χ4n) is 4.26. The molecule has 0 aliphatic carbocycles. The number of carbonyl (C=O) groups is 3. The lowest BCUT2D eigenvalue weighted by Crippen LogP contribution is -2.51. The number of hydrogen-bond acceptors (Lipinski definition) is 7. The van der Waals surface area contributed by atoms with Gasteiger partial charge in [0.15, 0.2) is 6.10 Å². The first-order valence-electron chi connectivity index (χ1n) is 11.7. The molecule has 1 fully saturated rings. The molecule has 0 bridgehead atoms. The Morgan fingerprint density at radius 1 is 1.00 bits per heavy atom. The van der Waals surface area contributed by atoms with Crippen LogP contribution < -0.4 is 4.74 Å². The van der Waals surface area contributed by atoms with Gasteiger partial charge in [0.1, 0.15) is 11.9 Å². The summed E-state index contributed by atoms with van der Waals surface area (Å²) in [4.78, 5) is 44.4. The van der Waals surface area contributed by atoms with Crippen molar-refractivity contribution >= 4 is 29.4 Å². The van der Waals surface area contributed by atoms with Crippen molar-refractivity contribution in [3.63, 3.8) is 0 Å². The van der Waals surface area contributed by atoms with Crippen molar-refractivity contribution in [1.82, 2.24) is 14.7 Å². The molecular weight excluding hydrogens is 470 g/mol. The Kier molecular flexibility index (Phi) is 7.74. The van der Waals surface area contributed by atoms with Crippen LogP contribution >= 0.6 is 11.6 Å². The first kappa shape index (κ1) is 25.2. The number of nitrogens with zero attached hydrogens (tertiary/aromatic N) is 3. The molecule has 1 saturated heterocycles. The van der Waals surface area contributed by atoms with Crippen molar-refractivity contribution in [1.29, 1.82) is 0 Å². The second kappa shape index (κ2) is 10.8. The minimum Gasteiger partial charge on any atom is -0.479 e. The highest BCUT2D eigenvalue weighted by Gasteiger charge is 2.38. The Bertz CT molecular complexity index is 1080. The van der Waals surface area contributed by atoms with Crippen LogP contribution in [0.5, 0.6) is 5.75 Å². The summed E-state index contributed by atoms with van der Waals surface area (Å²) >= 11 is 6.07. The molecule has 4 rings (SSSR count). The van der Waals surface area contributed by atoms with Gasteiger partial charge in [0.25, 0.3) is 11.8 Å². The van der Waals surface area contributed by atoms with Gasteiger partial charge in [-0.15, -0.1) is 0 Å². The average molecular weight is 500 g/mol. The van der Waals surface area contributed by atoms with E-state index in [-0.39, 0.29) is 18.4 Å². The fourth-order valence-corrected chi connectivity index (χ4v) is 4.38. The molecule has 0 aromatic heterocycles. The lowest BCUT2D eigenvalue weighted by atomic mass is 10.1. The molecule has 0 N–H and O–H groups in total. The van der Waals surface area contributed by atoms with Gasteiger partial charge in [-0.05, 0) is 56.8 Å². The van der Waals surface area contributed by atoms with Gasteiger partial charge in [-0.1, -0.05) is 23.7 Å². The van der Waals surface area contributed by atoms with Crippen molar-refractivity contribution in [2.75, 3.05) is 46.3 Å². The standard InChI is InChI=1S/C26H30ClN3O5/c1-17-14-19(8-9-23(17)27)34-18(2)26(33)35-20(15-29-12-10-28(3)11-13-29)16-30-24(31)21-6-4-5-7-22(21)25(30)32/h4-9,14,18,20H,10-13,15-16H2,1-3H3/t18-,20+/m0/s1. The molecule has 35 heavy (non-hydrogen) atoms. The van der Waals surface area contributed by atoms with Crippen LogP contribution in [0.1, 0.15) is 33.2 Å². The molecule has 2 aliphatic heterocycles. The smallest absolute Gasteiger partial charge is 0.347 e. The van der Waals surface area contributed by atoms with Crippen LogP contribution in [0.4, 0.5) is 0 Å². The number of amides is 2. The summed E-state index contributed by atoms with van der Waals surface area (Å²) in [6, 6.07) is 11.9. The Labute approximate surface area is 210 Å². The maximum absolute atomic E-state index is 13.0. The topological polar surface area (TPSA) is 79.4 Å². The highest BCUT2D eigenvalue weighted by molar-refractivity contribution is 6.31. The lowest BCUT2D eigenvalue weighted by Gasteiger charge is -2.35. The number of piperazine rings is 1. The summed E-state index contributed by atoms with van der Waals surface area (Å²) < 4.78 is 11.6. The van der Waals surface area contributed by atoms with Gasteiger partial charge < -0.3 is 14.4 Å². The fraction of sp³-hybridized carbons (Fsp3) is 0.423. The Morgan fingerprint density at radius 3 is 2.23 bits per heavy atom. The van der Waals surface area contributed by atoms with E-state index in [4.69, 9.17) is 21.1 Å². The van der Waals surface area contributed by atoms with E-state index in [1.165, 1.54) is 4.90 Å². The number of ether oxygens (including phenoxy) is 2. The van der Waals surface area contributed by atoms with Gasteiger partial charge in [0, 0.05) is 37.7 Å². The number of carbonyl (C=O) groups excluding carboxylic acids is 3. The zero-order valence-electron chi connectivity index (χ0n) is 20.2. The van der Waals surface area contributed by atoms with Crippen molar-refractivity contribution in [3.8, 4) is 5.75 Å². The zero-order chi connectivity index (χ0) is 25.1. The molecule has 2 heterocycles. The highest BCUT2D eigenvalue weighted by atomic mass is 35.5. The Hall–Kier alpha value is -2.94. The molecule has 2 amide bonds. The number of halogens is 1. The molecule has 9 heteroatoms. The molecule has 0 unspecified atom stereocenters. The quantitative estimate of drug-likeness (QED) is 0.408. The van der Waals surface area contributed by atoms with E-state index in [0.29, 0.717) is 28.4 Å². The van der Waals surface area contributed by atoms with Gasteiger partial charge >= 0.3 is 5.97 Å². The van der Waals surface area contributed by atoms with Crippen LogP contribution in [0.2, 0.25) is 5.02 Å². The predicted octanol–water partition coefficient (Wildman–Crippen LogP) is 2.87. The number of imide groups is 1. The van der Waals surface area contributed by atoms with Crippen molar-refractivity contribution in [3.05, 3.63) is 64.2 Å². The number of benzene rings is 2. The van der Waals surface area contributed by atoms with E-state index in [9.17, 15) is 14.4 Å². The number of likely N-dealkylation sites (N-methyl/N-ethyl adjacent to an activating group) is 1. The maximum atomic E-state index is 13.0. The van der Waals surface area contributed by atoms with E-state index in [0.717, 1.165) is 31.7 Å². The molecule has 0 spiro atoms. The summed E-state index contributed by atoms with van der Waals surface area (Å²) in [5, 5.41) is 0.612. The van der Waals surface area contributed by atoms with E-state index in [2.05, 4.69) is 16.8 Å². The predicted molar refractivity (Wildman–Crippen MR) is 132 cm³/mol. The van der Waals surface area contributed by atoms with Gasteiger partial charge in [-0.3, -0.25) is 19.4 Å². The van der Waals surface area contributed by atoms with Gasteiger partial charge in [0.2, 0.25) is 0 Å². The van der Waals surface area contributed by atoms with Crippen LogP contribution in [-0.2, 0) is 9.53 Å². The second-order valence-electron chi connectivity index (χ2n) is 9.10. The minimum absolute atomic E-state index is 0.0167. The van der Waals surface area contributed by atoms with Gasteiger partial charge in [-0.25, -0.2) is 4.79 Å². The Morgan fingerprint density at radius 2 is 1.63 bits per heavy atom. The molecule has 2 atom stereocenters.